The van der Waals surface area contributed by atoms with Gasteiger partial charge in [0.2, 0.25) is 15.9 Å². The van der Waals surface area contributed by atoms with Crippen molar-refractivity contribution in [2.24, 2.45) is 5.14 Å². The quantitative estimate of drug-likeness (QED) is 0.240. The fourth-order valence-corrected chi connectivity index (χ4v) is 7.27. The van der Waals surface area contributed by atoms with Crippen LogP contribution in [0.15, 0.2) is 77.8 Å². The summed E-state index contributed by atoms with van der Waals surface area (Å²) in [6.45, 7) is 2.07. The third-order valence-electron chi connectivity index (χ3n) is 8.71. The van der Waals surface area contributed by atoms with Gasteiger partial charge in [-0.15, -0.1) is 0 Å². The lowest BCUT2D eigenvalue weighted by Crippen LogP contribution is -2.60. The molecule has 2 fully saturated rings. The van der Waals surface area contributed by atoms with Crippen LogP contribution in [0, 0.1) is 0 Å². The van der Waals surface area contributed by atoms with Crippen molar-refractivity contribution in [2.45, 2.75) is 49.1 Å². The minimum atomic E-state index is -3.89. The molecule has 2 heterocycles. The number of hydrogen-bond donors (Lipinski definition) is 4. The Bertz CT molecular complexity index is 1760. The number of aromatic nitrogens is 1. The summed E-state index contributed by atoms with van der Waals surface area (Å²) in [6.07, 6.45) is 7.65. The molecular formula is C32H37N7O3S. The van der Waals surface area contributed by atoms with Crippen LogP contribution in [0.3, 0.4) is 0 Å². The van der Waals surface area contributed by atoms with E-state index in [1.165, 1.54) is 25.3 Å². The summed E-state index contributed by atoms with van der Waals surface area (Å²) in [5.74, 6) is 0.279. The van der Waals surface area contributed by atoms with Crippen LogP contribution in [0.5, 0.6) is 0 Å². The summed E-state index contributed by atoms with van der Waals surface area (Å²) in [5.41, 5.74) is 15.9. The summed E-state index contributed by atoms with van der Waals surface area (Å²) < 4.78 is 24.2. The molecule has 43 heavy (non-hydrogen) atoms. The van der Waals surface area contributed by atoms with Crippen LogP contribution in [0.25, 0.3) is 21.9 Å². The second-order valence-electron chi connectivity index (χ2n) is 11.4. The Balaban J connectivity index is 1.29. The van der Waals surface area contributed by atoms with Gasteiger partial charge in [-0.3, -0.25) is 9.69 Å². The first-order chi connectivity index (χ1) is 20.7. The molecule has 4 aromatic rings. The zero-order chi connectivity index (χ0) is 30.1. The molecule has 1 aliphatic heterocycles. The summed E-state index contributed by atoms with van der Waals surface area (Å²) in [4.78, 5) is 22.9. The van der Waals surface area contributed by atoms with Gasteiger partial charge >= 0.3 is 0 Å². The van der Waals surface area contributed by atoms with Gasteiger partial charge in [0.15, 0.2) is 0 Å². The lowest BCUT2D eigenvalue weighted by Gasteiger charge is -2.46. The molecule has 1 saturated heterocycles. The zero-order valence-corrected chi connectivity index (χ0v) is 24.8. The molecule has 2 aliphatic rings. The number of nitrogen functional groups attached to an aromatic ring is 2. The van der Waals surface area contributed by atoms with Crippen molar-refractivity contribution in [1.82, 2.24) is 9.88 Å². The van der Waals surface area contributed by atoms with Crippen molar-refractivity contribution >= 4 is 49.6 Å². The first-order valence-electron chi connectivity index (χ1n) is 14.7. The number of hydrogen-bond acceptors (Lipinski definition) is 8. The monoisotopic (exact) mass is 599 g/mol. The minimum absolute atomic E-state index is 0.0521. The zero-order valence-electron chi connectivity index (χ0n) is 23.9. The van der Waals surface area contributed by atoms with Crippen molar-refractivity contribution < 1.29 is 13.2 Å². The smallest absolute Gasteiger partial charge is 0.248 e. The van der Waals surface area contributed by atoms with Crippen LogP contribution in [-0.4, -0.2) is 55.9 Å². The third kappa shape index (κ3) is 6.01. The highest BCUT2D eigenvalue weighted by Gasteiger charge is 2.36. The Labute approximate surface area is 251 Å². The highest BCUT2D eigenvalue weighted by molar-refractivity contribution is 7.89. The molecule has 0 radical (unpaired) electrons. The van der Waals surface area contributed by atoms with Gasteiger partial charge in [-0.05, 0) is 60.2 Å². The van der Waals surface area contributed by atoms with Gasteiger partial charge in [0.05, 0.1) is 16.3 Å². The summed E-state index contributed by atoms with van der Waals surface area (Å²) in [7, 11) is -3.89. The summed E-state index contributed by atoms with van der Waals surface area (Å²) >= 11 is 0. The number of pyridine rings is 1. The molecule has 0 spiro atoms. The number of amides is 1. The van der Waals surface area contributed by atoms with E-state index in [0.717, 1.165) is 35.8 Å². The Hall–Kier alpha value is -4.19. The predicted molar refractivity (Wildman–Crippen MR) is 172 cm³/mol. The van der Waals surface area contributed by atoms with Crippen LogP contribution in [-0.2, 0) is 14.8 Å². The van der Waals surface area contributed by atoms with Crippen LogP contribution in [0.2, 0.25) is 0 Å². The molecule has 1 atom stereocenters. The van der Waals surface area contributed by atoms with Crippen molar-refractivity contribution in [1.29, 1.82) is 0 Å². The first-order valence-corrected chi connectivity index (χ1v) is 16.2. The molecule has 1 saturated carbocycles. The minimum Gasteiger partial charge on any atom is -0.397 e. The maximum atomic E-state index is 14.0. The van der Waals surface area contributed by atoms with Crippen LogP contribution >= 0.6 is 0 Å². The van der Waals surface area contributed by atoms with Crippen molar-refractivity contribution in [3.8, 4) is 11.1 Å². The molecule has 0 bridgehead atoms. The molecule has 1 aliphatic carbocycles. The maximum absolute atomic E-state index is 14.0. The van der Waals surface area contributed by atoms with Gasteiger partial charge in [0.1, 0.15) is 11.9 Å². The molecular weight excluding hydrogens is 562 g/mol. The number of fused-ring (bicyclic) bond motifs is 1. The number of nitrogens with zero attached hydrogens (tertiary/aromatic N) is 3. The number of anilines is 4. The average Bonchev–Trinajstić information content (AvgIpc) is 3.01. The van der Waals surface area contributed by atoms with Gasteiger partial charge in [-0.2, -0.15) is 0 Å². The SMILES string of the molecule is Nc1cc2ccnc(N)c2cc1N1CCN(C2CCCCC2)CC1C(=O)Nc1ccc(-c2ccccc2S(N)(=O)=O)cc1. The van der Waals surface area contributed by atoms with Crippen molar-refractivity contribution in [3.63, 3.8) is 0 Å². The molecule has 1 amide bonds. The Morgan fingerprint density at radius 3 is 2.42 bits per heavy atom. The molecule has 7 N–H and O–H groups in total. The lowest BCUT2D eigenvalue weighted by molar-refractivity contribution is -0.118. The van der Waals surface area contributed by atoms with Crippen LogP contribution < -0.4 is 26.8 Å². The molecule has 6 rings (SSSR count). The Morgan fingerprint density at radius 1 is 0.930 bits per heavy atom. The van der Waals surface area contributed by atoms with Gasteiger partial charge in [0, 0.05) is 48.5 Å². The highest BCUT2D eigenvalue weighted by atomic mass is 32.2. The maximum Gasteiger partial charge on any atom is 0.248 e. The molecule has 11 heteroatoms. The van der Waals surface area contributed by atoms with Gasteiger partial charge < -0.3 is 21.7 Å². The second kappa shape index (κ2) is 11.8. The fourth-order valence-electron chi connectivity index (χ4n) is 6.51. The number of sulfonamides is 1. The van der Waals surface area contributed by atoms with E-state index in [4.69, 9.17) is 16.6 Å². The molecule has 1 unspecified atom stereocenters. The largest absolute Gasteiger partial charge is 0.397 e. The Kier molecular flexibility index (Phi) is 7.95. The first kappa shape index (κ1) is 28.9. The number of primary sulfonamides is 1. The van der Waals surface area contributed by atoms with E-state index in [0.29, 0.717) is 47.5 Å². The number of piperazine rings is 1. The number of carbonyl (C=O) groups excluding carboxylic acids is 1. The topological polar surface area (TPSA) is 161 Å². The summed E-state index contributed by atoms with van der Waals surface area (Å²) in [6, 6.07) is 19.4. The fraction of sp³-hybridized carbons (Fsp3) is 0.312. The van der Waals surface area contributed by atoms with E-state index in [2.05, 4.69) is 20.1 Å². The molecule has 10 nitrogen and oxygen atoms in total. The van der Waals surface area contributed by atoms with Crippen molar-refractivity contribution in [2.75, 3.05) is 41.3 Å². The Morgan fingerprint density at radius 2 is 1.67 bits per heavy atom. The van der Waals surface area contributed by atoms with E-state index in [-0.39, 0.29) is 10.8 Å². The predicted octanol–water partition coefficient (Wildman–Crippen LogP) is 4.18. The number of nitrogens with one attached hydrogen (secondary N) is 1. The van der Waals surface area contributed by atoms with Crippen LogP contribution in [0.1, 0.15) is 32.1 Å². The van der Waals surface area contributed by atoms with E-state index >= 15 is 0 Å². The van der Waals surface area contributed by atoms with E-state index < -0.39 is 16.1 Å². The van der Waals surface area contributed by atoms with Crippen LogP contribution in [0.4, 0.5) is 22.9 Å². The molecule has 3 aromatic carbocycles. The lowest BCUT2D eigenvalue weighted by atomic mass is 9.93. The average molecular weight is 600 g/mol. The molecule has 224 valence electrons. The van der Waals surface area contributed by atoms with Gasteiger partial charge in [-0.1, -0.05) is 49.6 Å². The number of carbonyl (C=O) groups is 1. The van der Waals surface area contributed by atoms with E-state index in [1.807, 2.05) is 18.2 Å². The van der Waals surface area contributed by atoms with Gasteiger partial charge in [-0.25, -0.2) is 18.5 Å². The van der Waals surface area contributed by atoms with Gasteiger partial charge in [0.25, 0.3) is 0 Å². The normalized spacial score (nSPS) is 18.5. The van der Waals surface area contributed by atoms with E-state index in [1.54, 1.807) is 48.7 Å². The van der Waals surface area contributed by atoms with E-state index in [9.17, 15) is 13.2 Å². The second-order valence-corrected chi connectivity index (χ2v) is 13.0. The standard InChI is InChI=1S/C32H37N7O3S/c33-27-18-22-14-15-36-31(34)26(22)19-28(27)39-17-16-38(24-6-2-1-3-7-24)20-29(39)32(40)37-23-12-10-21(11-13-23)25-8-4-5-9-30(25)43(35,41)42/h4-5,8-15,18-19,24,29H,1-3,6-7,16-17,20,33H2,(H2,34,36)(H,37,40)(H2,35,41,42). The third-order valence-corrected chi connectivity index (χ3v) is 9.68. The molecule has 1 aromatic heterocycles. The number of rotatable bonds is 6. The summed E-state index contributed by atoms with van der Waals surface area (Å²) in [5, 5.41) is 10.2. The van der Waals surface area contributed by atoms with Crippen molar-refractivity contribution in [3.05, 3.63) is 72.9 Å². The number of benzene rings is 3. The highest BCUT2D eigenvalue weighted by Crippen LogP contribution is 2.35. The number of nitrogens with two attached hydrogens (primary N) is 3.